The smallest absolute Gasteiger partial charge is 0.241 e. The number of primary amides is 1. The Morgan fingerprint density at radius 1 is 1.11 bits per heavy atom. The van der Waals surface area contributed by atoms with Crippen molar-refractivity contribution in [2.24, 2.45) is 23.3 Å². The Hall–Kier alpha value is -1.96. The van der Waals surface area contributed by atoms with Gasteiger partial charge in [0.25, 0.3) is 0 Å². The molecule has 2 saturated heterocycles. The first kappa shape index (κ1) is 20.8. The fourth-order valence-corrected chi connectivity index (χ4v) is 4.00. The van der Waals surface area contributed by atoms with Gasteiger partial charge in [-0.2, -0.15) is 0 Å². The molecule has 1 aromatic rings. The Morgan fingerprint density at radius 2 is 1.75 bits per heavy atom. The standard InChI is InChI=1S/C21H32N4O3/c22-19(16-8-13-28-14-9-16)21(27)24-18-3-1-15(2-4-18)5-10-25-11-6-17(7-12-25)20(23)26/h1-4,16-17,19H,5-14,22H2,(H2,23,26)(H,24,27). The van der Waals surface area contributed by atoms with E-state index in [4.69, 9.17) is 16.2 Å². The summed E-state index contributed by atoms with van der Waals surface area (Å²) >= 11 is 0. The highest BCUT2D eigenvalue weighted by atomic mass is 16.5. The minimum absolute atomic E-state index is 0.0339. The minimum atomic E-state index is -0.494. The summed E-state index contributed by atoms with van der Waals surface area (Å²) in [5.74, 6) is -0.0795. The van der Waals surface area contributed by atoms with Crippen molar-refractivity contribution in [1.29, 1.82) is 0 Å². The van der Waals surface area contributed by atoms with E-state index in [1.165, 1.54) is 5.56 Å². The van der Waals surface area contributed by atoms with Crippen LogP contribution in [0.1, 0.15) is 31.2 Å². The van der Waals surface area contributed by atoms with E-state index in [1.807, 2.05) is 24.3 Å². The van der Waals surface area contributed by atoms with Crippen LogP contribution in [0.25, 0.3) is 0 Å². The minimum Gasteiger partial charge on any atom is -0.381 e. The van der Waals surface area contributed by atoms with E-state index in [2.05, 4.69) is 10.2 Å². The van der Waals surface area contributed by atoms with Crippen LogP contribution in [-0.4, -0.2) is 55.6 Å². The van der Waals surface area contributed by atoms with E-state index in [9.17, 15) is 9.59 Å². The lowest BCUT2D eigenvalue weighted by Gasteiger charge is -2.30. The predicted molar refractivity (Wildman–Crippen MR) is 109 cm³/mol. The van der Waals surface area contributed by atoms with Crippen molar-refractivity contribution in [2.45, 2.75) is 38.1 Å². The largest absolute Gasteiger partial charge is 0.381 e. The summed E-state index contributed by atoms with van der Waals surface area (Å²) in [7, 11) is 0. The number of carbonyl (C=O) groups is 2. The first-order valence-corrected chi connectivity index (χ1v) is 10.3. The van der Waals surface area contributed by atoms with Gasteiger partial charge >= 0.3 is 0 Å². The molecule has 0 aromatic heterocycles. The van der Waals surface area contributed by atoms with Crippen molar-refractivity contribution in [1.82, 2.24) is 4.90 Å². The molecule has 7 nitrogen and oxygen atoms in total. The second kappa shape index (κ2) is 10.0. The van der Waals surface area contributed by atoms with Gasteiger partial charge in [-0.1, -0.05) is 12.1 Å². The number of rotatable bonds is 7. The van der Waals surface area contributed by atoms with E-state index in [0.29, 0.717) is 13.2 Å². The van der Waals surface area contributed by atoms with Gasteiger partial charge in [0, 0.05) is 31.4 Å². The van der Waals surface area contributed by atoms with Gasteiger partial charge in [-0.15, -0.1) is 0 Å². The number of nitrogens with one attached hydrogen (secondary N) is 1. The topological polar surface area (TPSA) is 111 Å². The molecule has 0 aliphatic carbocycles. The second-order valence-electron chi connectivity index (χ2n) is 7.93. The molecule has 28 heavy (non-hydrogen) atoms. The fourth-order valence-electron chi connectivity index (χ4n) is 4.00. The molecule has 1 unspecified atom stereocenters. The number of hydrogen-bond donors (Lipinski definition) is 3. The summed E-state index contributed by atoms with van der Waals surface area (Å²) in [6.45, 7) is 4.17. The number of nitrogens with two attached hydrogens (primary N) is 2. The maximum Gasteiger partial charge on any atom is 0.241 e. The number of amides is 2. The second-order valence-corrected chi connectivity index (χ2v) is 7.93. The zero-order valence-electron chi connectivity index (χ0n) is 16.4. The monoisotopic (exact) mass is 388 g/mol. The van der Waals surface area contributed by atoms with Crippen molar-refractivity contribution in [3.63, 3.8) is 0 Å². The van der Waals surface area contributed by atoms with E-state index >= 15 is 0 Å². The summed E-state index contributed by atoms with van der Waals surface area (Å²) in [6, 6.07) is 7.47. The fraction of sp³-hybridized carbons (Fsp3) is 0.619. The zero-order valence-corrected chi connectivity index (χ0v) is 16.4. The molecule has 154 valence electrons. The molecule has 2 fully saturated rings. The van der Waals surface area contributed by atoms with E-state index in [-0.39, 0.29) is 23.7 Å². The SMILES string of the molecule is NC(=O)C1CCN(CCc2ccc(NC(=O)C(N)C3CCOCC3)cc2)CC1. The molecule has 0 bridgehead atoms. The number of likely N-dealkylation sites (tertiary alicyclic amines) is 1. The van der Waals surface area contributed by atoms with Crippen LogP contribution in [0.15, 0.2) is 24.3 Å². The van der Waals surface area contributed by atoms with Crippen molar-refractivity contribution in [2.75, 3.05) is 38.2 Å². The summed E-state index contributed by atoms with van der Waals surface area (Å²) in [5, 5.41) is 2.93. The van der Waals surface area contributed by atoms with Gasteiger partial charge in [-0.05, 0) is 68.8 Å². The number of hydrogen-bond acceptors (Lipinski definition) is 5. The molecule has 7 heteroatoms. The van der Waals surface area contributed by atoms with Crippen LogP contribution in [0.2, 0.25) is 0 Å². The Bertz CT molecular complexity index is 650. The molecule has 1 atom stereocenters. The van der Waals surface area contributed by atoms with Gasteiger partial charge in [-0.3, -0.25) is 9.59 Å². The molecule has 1 aromatic carbocycles. The predicted octanol–water partition coefficient (Wildman–Crippen LogP) is 1.12. The van der Waals surface area contributed by atoms with Crippen LogP contribution in [-0.2, 0) is 20.7 Å². The maximum atomic E-state index is 12.4. The van der Waals surface area contributed by atoms with Gasteiger partial charge in [-0.25, -0.2) is 0 Å². The van der Waals surface area contributed by atoms with E-state index in [0.717, 1.165) is 57.4 Å². The molecule has 5 N–H and O–H groups in total. The molecule has 2 amide bonds. The zero-order chi connectivity index (χ0) is 19.9. The lowest BCUT2D eigenvalue weighted by atomic mass is 9.92. The third-order valence-electron chi connectivity index (χ3n) is 6.00. The molecule has 0 saturated carbocycles. The van der Waals surface area contributed by atoms with Gasteiger partial charge in [0.05, 0.1) is 6.04 Å². The third kappa shape index (κ3) is 5.77. The van der Waals surface area contributed by atoms with Crippen LogP contribution in [0, 0.1) is 11.8 Å². The molecule has 3 rings (SSSR count). The maximum absolute atomic E-state index is 12.4. The number of piperidine rings is 1. The van der Waals surface area contributed by atoms with Crippen molar-refractivity contribution in [3.8, 4) is 0 Å². The van der Waals surface area contributed by atoms with Crippen molar-refractivity contribution < 1.29 is 14.3 Å². The molecule has 0 spiro atoms. The van der Waals surface area contributed by atoms with Crippen LogP contribution < -0.4 is 16.8 Å². The molecular weight excluding hydrogens is 356 g/mol. The molecule has 2 aliphatic heterocycles. The van der Waals surface area contributed by atoms with Crippen molar-refractivity contribution >= 4 is 17.5 Å². The molecule has 2 heterocycles. The highest BCUT2D eigenvalue weighted by molar-refractivity contribution is 5.94. The van der Waals surface area contributed by atoms with Crippen LogP contribution in [0.5, 0.6) is 0 Å². The average molecular weight is 389 g/mol. The quantitative estimate of drug-likeness (QED) is 0.648. The van der Waals surface area contributed by atoms with Crippen LogP contribution in [0.3, 0.4) is 0 Å². The highest BCUT2D eigenvalue weighted by Crippen LogP contribution is 2.20. The van der Waals surface area contributed by atoms with Gasteiger partial charge in [0.15, 0.2) is 0 Å². The number of ether oxygens (including phenoxy) is 1. The summed E-state index contributed by atoms with van der Waals surface area (Å²) in [4.78, 5) is 26.0. The van der Waals surface area contributed by atoms with Gasteiger partial charge in [0.1, 0.15) is 0 Å². The summed E-state index contributed by atoms with van der Waals surface area (Å²) in [6.07, 6.45) is 4.33. The number of nitrogens with zero attached hydrogens (tertiary/aromatic N) is 1. The average Bonchev–Trinajstić information content (AvgIpc) is 2.73. The Labute approximate surface area is 166 Å². The molecular formula is C21H32N4O3. The number of anilines is 1. The van der Waals surface area contributed by atoms with E-state index in [1.54, 1.807) is 0 Å². The Morgan fingerprint density at radius 3 is 2.36 bits per heavy atom. The third-order valence-corrected chi connectivity index (χ3v) is 6.00. The summed E-state index contributed by atoms with van der Waals surface area (Å²) in [5.41, 5.74) is 13.5. The first-order chi connectivity index (χ1) is 13.5. The van der Waals surface area contributed by atoms with E-state index < -0.39 is 6.04 Å². The normalized spacial score (nSPS) is 20.6. The molecule has 0 radical (unpaired) electrons. The Balaban J connectivity index is 1.42. The number of carbonyl (C=O) groups excluding carboxylic acids is 2. The van der Waals surface area contributed by atoms with Crippen LogP contribution in [0.4, 0.5) is 5.69 Å². The van der Waals surface area contributed by atoms with Crippen LogP contribution >= 0.6 is 0 Å². The lowest BCUT2D eigenvalue weighted by Crippen LogP contribution is -2.44. The number of benzene rings is 1. The Kier molecular flexibility index (Phi) is 7.42. The summed E-state index contributed by atoms with van der Waals surface area (Å²) < 4.78 is 5.33. The molecule has 2 aliphatic rings. The highest BCUT2D eigenvalue weighted by Gasteiger charge is 2.26. The lowest BCUT2D eigenvalue weighted by molar-refractivity contribution is -0.123. The first-order valence-electron chi connectivity index (χ1n) is 10.3. The van der Waals surface area contributed by atoms with Gasteiger partial charge < -0.3 is 26.4 Å². The van der Waals surface area contributed by atoms with Crippen molar-refractivity contribution in [3.05, 3.63) is 29.8 Å². The van der Waals surface area contributed by atoms with Gasteiger partial charge in [0.2, 0.25) is 11.8 Å².